The van der Waals surface area contributed by atoms with Gasteiger partial charge in [0.05, 0.1) is 0 Å². The van der Waals surface area contributed by atoms with Crippen molar-refractivity contribution in [1.29, 1.82) is 0 Å². The predicted octanol–water partition coefficient (Wildman–Crippen LogP) is -0.262. The maximum Gasteiger partial charge on any atom is 0.312 e. The van der Waals surface area contributed by atoms with Crippen LogP contribution in [0.4, 0.5) is 0 Å². The van der Waals surface area contributed by atoms with E-state index in [2.05, 4.69) is 5.32 Å². The van der Waals surface area contributed by atoms with Gasteiger partial charge in [-0.2, -0.15) is 0 Å². The van der Waals surface area contributed by atoms with Gasteiger partial charge in [-0.05, 0) is 12.8 Å². The Labute approximate surface area is 82.1 Å². The van der Waals surface area contributed by atoms with Crippen molar-refractivity contribution in [2.45, 2.75) is 31.7 Å². The second-order valence-electron chi connectivity index (χ2n) is 3.62. The van der Waals surface area contributed by atoms with Crippen LogP contribution in [0.15, 0.2) is 0 Å². The molecule has 3 N–H and O–H groups in total. The Morgan fingerprint density at radius 2 is 2.07 bits per heavy atom. The average Bonchev–Trinajstić information content (AvgIpc) is 2.50. The van der Waals surface area contributed by atoms with Crippen LogP contribution in [-0.2, 0) is 9.59 Å². The number of carboxylic acids is 1. The number of nitrogens with one attached hydrogen (secondary N) is 1. The number of carbonyl (C=O) groups is 2. The summed E-state index contributed by atoms with van der Waals surface area (Å²) in [7, 11) is 0. The quantitative estimate of drug-likeness (QED) is 0.547. The smallest absolute Gasteiger partial charge is 0.312 e. The highest BCUT2D eigenvalue weighted by Gasteiger charge is 2.28. The molecule has 0 aliphatic heterocycles. The lowest BCUT2D eigenvalue weighted by Gasteiger charge is -2.18. The fourth-order valence-electron chi connectivity index (χ4n) is 1.84. The van der Waals surface area contributed by atoms with Crippen molar-refractivity contribution in [2.75, 3.05) is 6.61 Å². The summed E-state index contributed by atoms with van der Waals surface area (Å²) in [6.07, 6.45) is 2.21. The van der Waals surface area contributed by atoms with Crippen LogP contribution < -0.4 is 5.32 Å². The lowest BCUT2D eigenvalue weighted by atomic mass is 10.1. The minimum Gasteiger partial charge on any atom is -0.481 e. The van der Waals surface area contributed by atoms with Gasteiger partial charge < -0.3 is 15.5 Å². The number of hydrogen-bond acceptors (Lipinski definition) is 3. The van der Waals surface area contributed by atoms with Crippen molar-refractivity contribution >= 4 is 11.9 Å². The number of amides is 1. The lowest BCUT2D eigenvalue weighted by molar-refractivity contribution is -0.140. The van der Waals surface area contributed by atoms with Crippen LogP contribution in [-0.4, -0.2) is 34.7 Å². The minimum absolute atomic E-state index is 0.0492. The van der Waals surface area contributed by atoms with Gasteiger partial charge in [0.1, 0.15) is 6.42 Å². The number of carboxylic acid groups (broad SMARTS) is 1. The van der Waals surface area contributed by atoms with Crippen LogP contribution in [0.25, 0.3) is 0 Å². The molecule has 1 rings (SSSR count). The van der Waals surface area contributed by atoms with E-state index in [4.69, 9.17) is 10.2 Å². The number of carbonyl (C=O) groups excluding carboxylic acids is 1. The molecule has 0 saturated heterocycles. The van der Waals surface area contributed by atoms with Crippen LogP contribution in [0.1, 0.15) is 25.7 Å². The molecule has 1 aliphatic carbocycles. The maximum atomic E-state index is 11.1. The van der Waals surface area contributed by atoms with Gasteiger partial charge in [0.25, 0.3) is 0 Å². The van der Waals surface area contributed by atoms with Gasteiger partial charge in [-0.3, -0.25) is 9.59 Å². The van der Waals surface area contributed by atoms with Gasteiger partial charge in [-0.25, -0.2) is 0 Å². The topological polar surface area (TPSA) is 86.6 Å². The van der Waals surface area contributed by atoms with Gasteiger partial charge in [0.2, 0.25) is 5.91 Å². The van der Waals surface area contributed by atoms with Crippen molar-refractivity contribution in [3.8, 4) is 0 Å². The van der Waals surface area contributed by atoms with Crippen molar-refractivity contribution in [1.82, 2.24) is 5.32 Å². The van der Waals surface area contributed by atoms with Gasteiger partial charge >= 0.3 is 5.97 Å². The van der Waals surface area contributed by atoms with Crippen molar-refractivity contribution < 1.29 is 19.8 Å². The van der Waals surface area contributed by atoms with Crippen LogP contribution in [0, 0.1) is 5.92 Å². The summed E-state index contributed by atoms with van der Waals surface area (Å²) in [4.78, 5) is 21.3. The summed E-state index contributed by atoms with van der Waals surface area (Å²) < 4.78 is 0. The van der Waals surface area contributed by atoms with E-state index >= 15 is 0 Å². The molecule has 5 heteroatoms. The first-order valence-corrected chi connectivity index (χ1v) is 4.75. The van der Waals surface area contributed by atoms with Crippen LogP contribution in [0.5, 0.6) is 0 Å². The fourth-order valence-corrected chi connectivity index (χ4v) is 1.84. The summed E-state index contributed by atoms with van der Waals surface area (Å²) in [5.74, 6) is -1.50. The zero-order valence-electron chi connectivity index (χ0n) is 7.90. The summed E-state index contributed by atoms with van der Waals surface area (Å²) >= 11 is 0. The molecule has 0 aromatic heterocycles. The molecule has 80 valence electrons. The third kappa shape index (κ3) is 2.99. The Hall–Kier alpha value is -1.10. The number of rotatable bonds is 4. The van der Waals surface area contributed by atoms with Crippen LogP contribution in [0.2, 0.25) is 0 Å². The Morgan fingerprint density at radius 1 is 1.36 bits per heavy atom. The molecule has 2 unspecified atom stereocenters. The molecule has 0 radical (unpaired) electrons. The number of aliphatic hydroxyl groups is 1. The highest BCUT2D eigenvalue weighted by atomic mass is 16.4. The molecule has 2 atom stereocenters. The maximum absolute atomic E-state index is 11.1. The van der Waals surface area contributed by atoms with E-state index < -0.39 is 18.3 Å². The Morgan fingerprint density at radius 3 is 2.64 bits per heavy atom. The van der Waals surface area contributed by atoms with E-state index in [-0.39, 0.29) is 18.6 Å². The zero-order valence-corrected chi connectivity index (χ0v) is 7.90. The highest BCUT2D eigenvalue weighted by Crippen LogP contribution is 2.24. The summed E-state index contributed by atoms with van der Waals surface area (Å²) in [6.45, 7) is 0.0536. The Kier molecular flexibility index (Phi) is 3.88. The molecule has 0 spiro atoms. The fraction of sp³-hybridized carbons (Fsp3) is 0.778. The molecule has 0 bridgehead atoms. The van der Waals surface area contributed by atoms with E-state index in [0.29, 0.717) is 0 Å². The molecular weight excluding hydrogens is 186 g/mol. The standard InChI is InChI=1S/C9H15NO4/c11-5-6-2-1-3-7(6)10-8(12)4-9(13)14/h6-7,11H,1-5H2,(H,10,12)(H,13,14). The minimum atomic E-state index is -1.12. The summed E-state index contributed by atoms with van der Waals surface area (Å²) in [5, 5.41) is 20.0. The summed E-state index contributed by atoms with van der Waals surface area (Å²) in [6, 6.07) is -0.0492. The second-order valence-corrected chi connectivity index (χ2v) is 3.62. The monoisotopic (exact) mass is 201 g/mol. The van der Waals surface area contributed by atoms with Gasteiger partial charge in [0, 0.05) is 18.6 Å². The number of aliphatic hydroxyl groups excluding tert-OH is 1. The number of hydrogen-bond donors (Lipinski definition) is 3. The SMILES string of the molecule is O=C(O)CC(=O)NC1CCCC1CO. The molecule has 14 heavy (non-hydrogen) atoms. The Balaban J connectivity index is 2.35. The lowest BCUT2D eigenvalue weighted by Crippen LogP contribution is -2.39. The molecular formula is C9H15NO4. The van der Waals surface area contributed by atoms with E-state index in [1.165, 1.54) is 0 Å². The average molecular weight is 201 g/mol. The first-order valence-electron chi connectivity index (χ1n) is 4.75. The second kappa shape index (κ2) is 4.95. The van der Waals surface area contributed by atoms with Crippen molar-refractivity contribution in [2.24, 2.45) is 5.92 Å². The van der Waals surface area contributed by atoms with Gasteiger partial charge in [0.15, 0.2) is 0 Å². The zero-order chi connectivity index (χ0) is 10.6. The molecule has 0 aromatic carbocycles. The van der Waals surface area contributed by atoms with Crippen molar-refractivity contribution in [3.05, 3.63) is 0 Å². The van der Waals surface area contributed by atoms with Crippen molar-refractivity contribution in [3.63, 3.8) is 0 Å². The molecule has 1 amide bonds. The molecule has 1 saturated carbocycles. The van der Waals surface area contributed by atoms with E-state index in [1.54, 1.807) is 0 Å². The van der Waals surface area contributed by atoms with Gasteiger partial charge in [-0.15, -0.1) is 0 Å². The molecule has 0 heterocycles. The number of aliphatic carboxylic acids is 1. The van der Waals surface area contributed by atoms with E-state index in [1.807, 2.05) is 0 Å². The van der Waals surface area contributed by atoms with Crippen LogP contribution in [0.3, 0.4) is 0 Å². The molecule has 1 aliphatic rings. The summed E-state index contributed by atoms with van der Waals surface area (Å²) in [5.41, 5.74) is 0. The first-order chi connectivity index (χ1) is 6.63. The van der Waals surface area contributed by atoms with E-state index in [0.717, 1.165) is 19.3 Å². The first kappa shape index (κ1) is 11.0. The van der Waals surface area contributed by atoms with Crippen LogP contribution >= 0.6 is 0 Å². The molecule has 0 aromatic rings. The predicted molar refractivity (Wildman–Crippen MR) is 48.6 cm³/mol. The highest BCUT2D eigenvalue weighted by molar-refractivity contribution is 5.93. The van der Waals surface area contributed by atoms with E-state index in [9.17, 15) is 9.59 Å². The molecule has 1 fully saturated rings. The molecule has 5 nitrogen and oxygen atoms in total. The third-order valence-corrected chi connectivity index (χ3v) is 2.55. The van der Waals surface area contributed by atoms with Gasteiger partial charge in [-0.1, -0.05) is 6.42 Å². The normalized spacial score (nSPS) is 26.1. The third-order valence-electron chi connectivity index (χ3n) is 2.55. The Bertz CT molecular complexity index is 229. The largest absolute Gasteiger partial charge is 0.481 e.